The van der Waals surface area contributed by atoms with Crippen LogP contribution in [0.25, 0.3) is 11.2 Å². The van der Waals surface area contributed by atoms with E-state index in [4.69, 9.17) is 4.74 Å². The average molecular weight is 395 g/mol. The van der Waals surface area contributed by atoms with Gasteiger partial charge in [-0.2, -0.15) is 27.5 Å². The number of ether oxygens (including phenoxy) is 1. The second kappa shape index (κ2) is 7.34. The number of aromatic nitrogens is 4. The van der Waals surface area contributed by atoms with Gasteiger partial charge in [-0.15, -0.1) is 0 Å². The summed E-state index contributed by atoms with van der Waals surface area (Å²) in [5, 5.41) is 2.93. The molecule has 0 radical (unpaired) electrons. The molecule has 3 heterocycles. The highest BCUT2D eigenvalue weighted by Gasteiger charge is 2.30. The molecule has 0 spiro atoms. The van der Waals surface area contributed by atoms with E-state index in [1.165, 1.54) is 18.5 Å². The zero-order valence-electron chi connectivity index (χ0n) is 14.7. The highest BCUT2D eigenvalue weighted by Crippen LogP contribution is 2.30. The molecule has 1 unspecified atom stereocenters. The summed E-state index contributed by atoms with van der Waals surface area (Å²) in [6.07, 6.45) is -1.26. The summed E-state index contributed by atoms with van der Waals surface area (Å²) in [6.45, 7) is 0.785. The van der Waals surface area contributed by atoms with Crippen LogP contribution in [0.3, 0.4) is 0 Å². The molecule has 10 heteroatoms. The summed E-state index contributed by atoms with van der Waals surface area (Å²) < 4.78 is 59.3. The quantitative estimate of drug-likeness (QED) is 0.527. The standard InChI is InChI=1S/C18H17F4N5O/c19-17-25-15(23-9-11-4-6-12(7-5-11)18(20,21)22)14-16(26-17)27(10-24-14)13-3-1-2-8-28-13/h4-7,10,13H,1-3,8-9H2,(H,23,25,26). The lowest BCUT2D eigenvalue weighted by Crippen LogP contribution is -2.18. The van der Waals surface area contributed by atoms with Crippen LogP contribution in [0.5, 0.6) is 0 Å². The Hall–Kier alpha value is -2.75. The molecule has 1 atom stereocenters. The second-order valence-corrected chi connectivity index (χ2v) is 6.53. The van der Waals surface area contributed by atoms with Gasteiger partial charge in [0.15, 0.2) is 17.0 Å². The minimum Gasteiger partial charge on any atom is -0.364 e. The lowest BCUT2D eigenvalue weighted by Gasteiger charge is -2.23. The first-order chi connectivity index (χ1) is 13.4. The predicted octanol–water partition coefficient (Wildman–Crippen LogP) is 4.30. The maximum absolute atomic E-state index is 14.0. The van der Waals surface area contributed by atoms with Gasteiger partial charge in [0.1, 0.15) is 6.23 Å². The smallest absolute Gasteiger partial charge is 0.364 e. The van der Waals surface area contributed by atoms with Crippen LogP contribution >= 0.6 is 0 Å². The fourth-order valence-corrected chi connectivity index (χ4v) is 3.16. The van der Waals surface area contributed by atoms with Crippen LogP contribution in [-0.4, -0.2) is 26.1 Å². The van der Waals surface area contributed by atoms with E-state index in [0.29, 0.717) is 23.3 Å². The van der Waals surface area contributed by atoms with Crippen molar-refractivity contribution in [3.63, 3.8) is 0 Å². The summed E-state index contributed by atoms with van der Waals surface area (Å²) in [5.41, 5.74) is 0.560. The van der Waals surface area contributed by atoms with Crippen molar-refractivity contribution >= 4 is 17.0 Å². The van der Waals surface area contributed by atoms with Crippen LogP contribution in [0.1, 0.15) is 36.6 Å². The average Bonchev–Trinajstić information content (AvgIpc) is 3.10. The van der Waals surface area contributed by atoms with Crippen molar-refractivity contribution in [3.8, 4) is 0 Å². The fraction of sp³-hybridized carbons (Fsp3) is 0.389. The first-order valence-corrected chi connectivity index (χ1v) is 8.83. The number of rotatable bonds is 4. The topological polar surface area (TPSA) is 64.9 Å². The zero-order chi connectivity index (χ0) is 19.7. The van der Waals surface area contributed by atoms with Gasteiger partial charge in [-0.3, -0.25) is 4.57 Å². The van der Waals surface area contributed by atoms with E-state index in [2.05, 4.69) is 20.3 Å². The Morgan fingerprint density at radius 3 is 2.61 bits per heavy atom. The molecule has 1 aliphatic rings. The third-order valence-electron chi connectivity index (χ3n) is 4.60. The third-order valence-corrected chi connectivity index (χ3v) is 4.60. The van der Waals surface area contributed by atoms with Crippen LogP contribution in [-0.2, 0) is 17.5 Å². The van der Waals surface area contributed by atoms with E-state index in [1.54, 1.807) is 4.57 Å². The highest BCUT2D eigenvalue weighted by atomic mass is 19.4. The van der Waals surface area contributed by atoms with Crippen LogP contribution < -0.4 is 5.32 Å². The Balaban J connectivity index is 1.56. The number of nitrogens with zero attached hydrogens (tertiary/aromatic N) is 4. The van der Waals surface area contributed by atoms with Crippen LogP contribution in [0.4, 0.5) is 23.4 Å². The van der Waals surface area contributed by atoms with Crippen molar-refractivity contribution in [1.29, 1.82) is 0 Å². The van der Waals surface area contributed by atoms with Gasteiger partial charge in [-0.05, 0) is 37.0 Å². The molecule has 0 bridgehead atoms. The van der Waals surface area contributed by atoms with Crippen molar-refractivity contribution in [3.05, 3.63) is 47.8 Å². The van der Waals surface area contributed by atoms with E-state index in [9.17, 15) is 17.6 Å². The molecule has 1 fully saturated rings. The summed E-state index contributed by atoms with van der Waals surface area (Å²) >= 11 is 0. The summed E-state index contributed by atoms with van der Waals surface area (Å²) in [6, 6.07) is 4.72. The molecule has 28 heavy (non-hydrogen) atoms. The highest BCUT2D eigenvalue weighted by molar-refractivity contribution is 5.82. The minimum absolute atomic E-state index is 0.163. The fourth-order valence-electron chi connectivity index (χ4n) is 3.16. The largest absolute Gasteiger partial charge is 0.416 e. The second-order valence-electron chi connectivity index (χ2n) is 6.53. The molecule has 3 aromatic rings. The minimum atomic E-state index is -4.39. The predicted molar refractivity (Wildman–Crippen MR) is 92.9 cm³/mol. The monoisotopic (exact) mass is 395 g/mol. The normalized spacial score (nSPS) is 17.8. The number of benzene rings is 1. The van der Waals surface area contributed by atoms with Crippen molar-refractivity contribution in [1.82, 2.24) is 19.5 Å². The zero-order valence-corrected chi connectivity index (χ0v) is 14.7. The first-order valence-electron chi connectivity index (χ1n) is 8.83. The van der Waals surface area contributed by atoms with Gasteiger partial charge in [0, 0.05) is 13.2 Å². The Morgan fingerprint density at radius 2 is 1.93 bits per heavy atom. The van der Waals surface area contributed by atoms with E-state index >= 15 is 0 Å². The molecule has 2 aromatic heterocycles. The van der Waals surface area contributed by atoms with Gasteiger partial charge in [0.2, 0.25) is 0 Å². The molecule has 4 rings (SSSR count). The maximum atomic E-state index is 14.0. The van der Waals surface area contributed by atoms with E-state index < -0.39 is 17.8 Å². The van der Waals surface area contributed by atoms with Gasteiger partial charge in [0.05, 0.1) is 11.9 Å². The molecule has 1 aromatic carbocycles. The Kier molecular flexibility index (Phi) is 4.88. The summed E-state index contributed by atoms with van der Waals surface area (Å²) in [5.74, 6) is 0.178. The van der Waals surface area contributed by atoms with Crippen LogP contribution in [0, 0.1) is 6.08 Å². The van der Waals surface area contributed by atoms with Gasteiger partial charge >= 0.3 is 12.3 Å². The molecule has 0 aliphatic carbocycles. The van der Waals surface area contributed by atoms with Gasteiger partial charge < -0.3 is 10.1 Å². The molecule has 1 saturated heterocycles. The lowest BCUT2D eigenvalue weighted by atomic mass is 10.1. The Morgan fingerprint density at radius 1 is 1.14 bits per heavy atom. The number of hydrogen-bond donors (Lipinski definition) is 1. The molecular weight excluding hydrogens is 378 g/mol. The van der Waals surface area contributed by atoms with E-state index in [-0.39, 0.29) is 18.6 Å². The van der Waals surface area contributed by atoms with Gasteiger partial charge in [-0.1, -0.05) is 12.1 Å². The number of nitrogens with one attached hydrogen (secondary N) is 1. The van der Waals surface area contributed by atoms with E-state index in [0.717, 1.165) is 31.4 Å². The maximum Gasteiger partial charge on any atom is 0.416 e. The number of imidazole rings is 1. The van der Waals surface area contributed by atoms with Gasteiger partial charge in [-0.25, -0.2) is 4.98 Å². The van der Waals surface area contributed by atoms with Crippen LogP contribution in [0.15, 0.2) is 30.6 Å². The van der Waals surface area contributed by atoms with Crippen molar-refractivity contribution in [2.75, 3.05) is 11.9 Å². The molecule has 6 nitrogen and oxygen atoms in total. The van der Waals surface area contributed by atoms with Crippen molar-refractivity contribution in [2.45, 2.75) is 38.2 Å². The number of anilines is 1. The Bertz CT molecular complexity index is 965. The van der Waals surface area contributed by atoms with Crippen LogP contribution in [0.2, 0.25) is 0 Å². The van der Waals surface area contributed by atoms with E-state index in [1.807, 2.05) is 0 Å². The molecule has 0 amide bonds. The SMILES string of the molecule is Fc1nc(NCc2ccc(C(F)(F)F)cc2)c2ncn(C3CCCCO3)c2n1. The summed E-state index contributed by atoms with van der Waals surface area (Å²) in [4.78, 5) is 11.9. The lowest BCUT2D eigenvalue weighted by molar-refractivity contribution is -0.137. The van der Waals surface area contributed by atoms with Crippen molar-refractivity contribution < 1.29 is 22.3 Å². The number of fused-ring (bicyclic) bond motifs is 1. The third kappa shape index (κ3) is 3.77. The molecule has 1 aliphatic heterocycles. The molecular formula is C18H17F4N5O. The summed E-state index contributed by atoms with van der Waals surface area (Å²) in [7, 11) is 0. The number of halogens is 4. The number of alkyl halides is 3. The Labute approximate surface area is 157 Å². The molecule has 148 valence electrons. The molecule has 1 N–H and O–H groups in total. The first kappa shape index (κ1) is 18.6. The number of hydrogen-bond acceptors (Lipinski definition) is 5. The molecule has 0 saturated carbocycles. The van der Waals surface area contributed by atoms with Gasteiger partial charge in [0.25, 0.3) is 0 Å². The van der Waals surface area contributed by atoms with Crippen molar-refractivity contribution in [2.24, 2.45) is 0 Å².